The van der Waals surface area contributed by atoms with E-state index in [1.807, 2.05) is 0 Å². The first-order valence-electron chi connectivity index (χ1n) is 6.61. The van der Waals surface area contributed by atoms with Gasteiger partial charge >= 0.3 is 0 Å². The Kier molecular flexibility index (Phi) is 3.03. The van der Waals surface area contributed by atoms with E-state index in [4.69, 9.17) is 0 Å². The van der Waals surface area contributed by atoms with Crippen LogP contribution in [0.3, 0.4) is 0 Å². The minimum absolute atomic E-state index is 0.0852. The predicted molar refractivity (Wildman–Crippen MR) is 85.9 cm³/mol. The molecule has 116 valence electrons. The van der Waals surface area contributed by atoms with E-state index >= 15 is 0 Å². The van der Waals surface area contributed by atoms with Crippen LogP contribution in [-0.2, 0) is 10.0 Å². The van der Waals surface area contributed by atoms with Gasteiger partial charge in [-0.05, 0) is 31.2 Å². The van der Waals surface area contributed by atoms with Gasteiger partial charge in [0.1, 0.15) is 21.8 Å². The fourth-order valence-corrected chi connectivity index (χ4v) is 4.12. The quantitative estimate of drug-likeness (QED) is 0.607. The van der Waals surface area contributed by atoms with E-state index in [-0.39, 0.29) is 4.90 Å². The standard InChI is InChI=1S/C13H10N6O2S2/c1-8-14-13-10(5-3-7-19(13)15-8)18-23(20,21)11-6-2-4-9-12(11)17-22-16-9/h2-7,18H,1H3. The molecule has 0 bridgehead atoms. The topological polar surface area (TPSA) is 102 Å². The first-order chi connectivity index (χ1) is 11.0. The molecule has 0 aliphatic carbocycles. The molecule has 0 spiro atoms. The normalized spacial score (nSPS) is 12.0. The number of nitrogens with one attached hydrogen (secondary N) is 1. The molecule has 0 amide bonds. The van der Waals surface area contributed by atoms with Gasteiger partial charge in [-0.2, -0.15) is 13.8 Å². The molecule has 4 rings (SSSR count). The molecule has 4 aromatic rings. The third-order valence-electron chi connectivity index (χ3n) is 3.25. The maximum Gasteiger partial charge on any atom is 0.264 e. The Labute approximate surface area is 135 Å². The molecule has 10 heteroatoms. The van der Waals surface area contributed by atoms with Gasteiger partial charge in [-0.25, -0.2) is 17.9 Å². The summed E-state index contributed by atoms with van der Waals surface area (Å²) in [6.07, 6.45) is 1.71. The van der Waals surface area contributed by atoms with Gasteiger partial charge in [0.05, 0.1) is 17.4 Å². The summed E-state index contributed by atoms with van der Waals surface area (Å²) >= 11 is 0.977. The number of aromatic nitrogens is 5. The Morgan fingerprint density at radius 2 is 2.04 bits per heavy atom. The lowest BCUT2D eigenvalue weighted by Crippen LogP contribution is -2.14. The van der Waals surface area contributed by atoms with Crippen LogP contribution in [-0.4, -0.2) is 31.8 Å². The second kappa shape index (κ2) is 4.96. The summed E-state index contributed by atoms with van der Waals surface area (Å²) in [4.78, 5) is 4.33. The van der Waals surface area contributed by atoms with Crippen molar-refractivity contribution in [2.45, 2.75) is 11.8 Å². The molecule has 0 saturated heterocycles. The molecule has 8 nitrogen and oxygen atoms in total. The molecule has 3 heterocycles. The number of sulfonamides is 1. The number of pyridine rings is 1. The summed E-state index contributed by atoms with van der Waals surface area (Å²) in [6, 6.07) is 8.20. The SMILES string of the molecule is Cc1nc2c(NS(=O)(=O)c3cccc4nsnc34)cccn2n1. The molecule has 0 aliphatic rings. The Bertz CT molecular complexity index is 1130. The highest BCUT2D eigenvalue weighted by molar-refractivity contribution is 7.93. The third-order valence-corrected chi connectivity index (χ3v) is 5.19. The third kappa shape index (κ3) is 2.32. The number of aryl methyl sites for hydroxylation is 1. The molecule has 0 fully saturated rings. The summed E-state index contributed by atoms with van der Waals surface area (Å²) in [6.45, 7) is 1.74. The first-order valence-corrected chi connectivity index (χ1v) is 8.82. The van der Waals surface area contributed by atoms with Crippen molar-refractivity contribution in [1.29, 1.82) is 0 Å². The molecule has 3 aromatic heterocycles. The molecule has 1 aromatic carbocycles. The lowest BCUT2D eigenvalue weighted by atomic mass is 10.3. The number of fused-ring (bicyclic) bond motifs is 2. The van der Waals surface area contributed by atoms with Crippen molar-refractivity contribution in [3.05, 3.63) is 42.4 Å². The monoisotopic (exact) mass is 346 g/mol. The molecule has 0 atom stereocenters. The fourth-order valence-electron chi connectivity index (χ4n) is 2.29. The van der Waals surface area contributed by atoms with Gasteiger partial charge in [-0.3, -0.25) is 4.72 Å². The average Bonchev–Trinajstić information content (AvgIpc) is 3.12. The Hall–Kier alpha value is -2.59. The minimum Gasteiger partial charge on any atom is -0.276 e. The van der Waals surface area contributed by atoms with E-state index in [0.29, 0.717) is 28.2 Å². The van der Waals surface area contributed by atoms with Crippen LogP contribution in [0.1, 0.15) is 5.82 Å². The summed E-state index contributed by atoms with van der Waals surface area (Å²) in [5.74, 6) is 0.558. The van der Waals surface area contributed by atoms with Crippen molar-refractivity contribution >= 4 is 44.1 Å². The van der Waals surface area contributed by atoms with E-state index in [0.717, 1.165) is 11.7 Å². The summed E-state index contributed by atoms with van der Waals surface area (Å²) in [5.41, 5.74) is 1.70. The predicted octanol–water partition coefficient (Wildman–Crippen LogP) is 1.84. The van der Waals surface area contributed by atoms with Crippen LogP contribution in [0.15, 0.2) is 41.4 Å². The van der Waals surface area contributed by atoms with Gasteiger partial charge in [-0.15, -0.1) is 0 Å². The fraction of sp³-hybridized carbons (Fsp3) is 0.0769. The Morgan fingerprint density at radius 3 is 2.91 bits per heavy atom. The number of benzene rings is 1. The minimum atomic E-state index is -3.82. The maximum atomic E-state index is 12.7. The average molecular weight is 346 g/mol. The number of nitrogens with zero attached hydrogens (tertiary/aromatic N) is 5. The van der Waals surface area contributed by atoms with E-state index in [1.54, 1.807) is 37.4 Å². The lowest BCUT2D eigenvalue weighted by Gasteiger charge is -2.08. The lowest BCUT2D eigenvalue weighted by molar-refractivity contribution is 0.602. The van der Waals surface area contributed by atoms with Crippen LogP contribution in [0.2, 0.25) is 0 Å². The summed E-state index contributed by atoms with van der Waals surface area (Å²) < 4.78 is 37.7. The van der Waals surface area contributed by atoms with Gasteiger partial charge in [0, 0.05) is 6.20 Å². The van der Waals surface area contributed by atoms with E-state index in [1.165, 1.54) is 10.6 Å². The molecular weight excluding hydrogens is 336 g/mol. The van der Waals surface area contributed by atoms with Gasteiger partial charge in [0.15, 0.2) is 5.65 Å². The van der Waals surface area contributed by atoms with Crippen LogP contribution in [0.5, 0.6) is 0 Å². The number of hydrogen-bond donors (Lipinski definition) is 1. The maximum absolute atomic E-state index is 12.7. The van der Waals surface area contributed by atoms with Crippen molar-refractivity contribution in [1.82, 2.24) is 23.3 Å². The van der Waals surface area contributed by atoms with Crippen LogP contribution in [0.4, 0.5) is 5.69 Å². The van der Waals surface area contributed by atoms with Crippen LogP contribution >= 0.6 is 11.7 Å². The number of rotatable bonds is 3. The zero-order valence-electron chi connectivity index (χ0n) is 11.8. The van der Waals surface area contributed by atoms with Gasteiger partial charge in [0.25, 0.3) is 10.0 Å². The second-order valence-corrected chi connectivity index (χ2v) is 7.02. The van der Waals surface area contributed by atoms with E-state index < -0.39 is 10.0 Å². The first kappa shape index (κ1) is 14.0. The van der Waals surface area contributed by atoms with Crippen molar-refractivity contribution < 1.29 is 8.42 Å². The zero-order chi connectivity index (χ0) is 16.0. The molecular formula is C13H10N6O2S2. The molecule has 0 saturated carbocycles. The molecule has 0 unspecified atom stereocenters. The van der Waals surface area contributed by atoms with Gasteiger partial charge < -0.3 is 0 Å². The largest absolute Gasteiger partial charge is 0.276 e. The summed E-state index contributed by atoms with van der Waals surface area (Å²) in [7, 11) is -3.82. The van der Waals surface area contributed by atoms with Gasteiger partial charge in [0.2, 0.25) is 0 Å². The van der Waals surface area contributed by atoms with Crippen molar-refractivity contribution in [3.8, 4) is 0 Å². The number of hydrogen-bond acceptors (Lipinski definition) is 7. The Balaban J connectivity index is 1.85. The van der Waals surface area contributed by atoms with Crippen LogP contribution in [0.25, 0.3) is 16.7 Å². The molecule has 0 radical (unpaired) electrons. The van der Waals surface area contributed by atoms with Crippen LogP contribution < -0.4 is 4.72 Å². The highest BCUT2D eigenvalue weighted by Gasteiger charge is 2.21. The number of anilines is 1. The highest BCUT2D eigenvalue weighted by Crippen LogP contribution is 2.24. The second-order valence-electron chi connectivity index (χ2n) is 4.84. The highest BCUT2D eigenvalue weighted by atomic mass is 32.2. The van der Waals surface area contributed by atoms with Crippen molar-refractivity contribution in [2.75, 3.05) is 4.72 Å². The molecule has 1 N–H and O–H groups in total. The van der Waals surface area contributed by atoms with Crippen molar-refractivity contribution in [3.63, 3.8) is 0 Å². The van der Waals surface area contributed by atoms with Crippen LogP contribution in [0, 0.1) is 6.92 Å². The van der Waals surface area contributed by atoms with Crippen molar-refractivity contribution in [2.24, 2.45) is 0 Å². The Morgan fingerprint density at radius 1 is 1.17 bits per heavy atom. The molecule has 0 aliphatic heterocycles. The zero-order valence-corrected chi connectivity index (χ0v) is 13.5. The van der Waals surface area contributed by atoms with Gasteiger partial charge in [-0.1, -0.05) is 6.07 Å². The van der Waals surface area contributed by atoms with E-state index in [2.05, 4.69) is 23.6 Å². The van der Waals surface area contributed by atoms with E-state index in [9.17, 15) is 8.42 Å². The summed E-state index contributed by atoms with van der Waals surface area (Å²) in [5, 5.41) is 4.17. The molecule has 23 heavy (non-hydrogen) atoms. The smallest absolute Gasteiger partial charge is 0.264 e.